The van der Waals surface area contributed by atoms with Crippen molar-refractivity contribution in [2.75, 3.05) is 38.6 Å². The van der Waals surface area contributed by atoms with E-state index in [1.807, 2.05) is 41.2 Å². The van der Waals surface area contributed by atoms with E-state index in [-0.39, 0.29) is 59.0 Å². The third kappa shape index (κ3) is 8.84. The summed E-state index contributed by atoms with van der Waals surface area (Å²) in [5.41, 5.74) is 6.19. The Morgan fingerprint density at radius 1 is 0.850 bits per heavy atom. The number of nitrogens with zero attached hydrogens (tertiary/aromatic N) is 8. The van der Waals surface area contributed by atoms with Gasteiger partial charge in [0.2, 0.25) is 11.8 Å². The van der Waals surface area contributed by atoms with Gasteiger partial charge in [-0.25, -0.2) is 19.0 Å². The molecule has 12 rings (SSSR count). The predicted molar refractivity (Wildman–Crippen MR) is 292 cm³/mol. The first kappa shape index (κ1) is 51.4. The number of imidazole rings is 1. The minimum Gasteiger partial charge on any atom is -0.453 e. The van der Waals surface area contributed by atoms with E-state index in [1.165, 1.54) is 37.4 Å². The van der Waals surface area contributed by atoms with E-state index in [0.29, 0.717) is 96.4 Å². The molecule has 21 nitrogen and oxygen atoms in total. The Kier molecular flexibility index (Phi) is 13.0. The van der Waals surface area contributed by atoms with Crippen LogP contribution >= 0.6 is 0 Å². The van der Waals surface area contributed by atoms with E-state index in [9.17, 15) is 38.4 Å². The number of carbonyl (C=O) groups excluding carboxylic acids is 7. The summed E-state index contributed by atoms with van der Waals surface area (Å²) in [5, 5.41) is 14.0. The number of aryl methyl sites for hydroxylation is 1. The summed E-state index contributed by atoms with van der Waals surface area (Å²) in [6, 6.07) is 20.5. The lowest BCUT2D eigenvalue weighted by Crippen LogP contribution is -2.54. The topological polar surface area (TPSA) is 248 Å². The lowest BCUT2D eigenvalue weighted by atomic mass is 9.96. The van der Waals surface area contributed by atoms with Gasteiger partial charge >= 0.3 is 11.8 Å². The maximum atomic E-state index is 16.7. The third-order valence-electron chi connectivity index (χ3n) is 16.0. The van der Waals surface area contributed by atoms with Gasteiger partial charge in [0, 0.05) is 86.4 Å². The van der Waals surface area contributed by atoms with Crippen LogP contribution in [0.1, 0.15) is 105 Å². The number of aromatic amines is 1. The number of hydrogen-bond donors (Lipinski definition) is 4. The summed E-state index contributed by atoms with van der Waals surface area (Å²) in [6.07, 6.45) is 4.71. The van der Waals surface area contributed by atoms with Crippen LogP contribution in [-0.4, -0.2) is 130 Å². The van der Waals surface area contributed by atoms with Gasteiger partial charge in [0.05, 0.1) is 69.5 Å². The number of anilines is 1. The molecule has 4 aromatic heterocycles. The number of methoxy groups -OCH3 is 1. The third-order valence-corrected chi connectivity index (χ3v) is 16.0. The molecule has 1 saturated carbocycles. The maximum Gasteiger partial charge on any atom is 0.407 e. The molecule has 8 aromatic rings. The van der Waals surface area contributed by atoms with E-state index in [2.05, 4.69) is 44.8 Å². The van der Waals surface area contributed by atoms with Crippen LogP contribution in [0.3, 0.4) is 0 Å². The van der Waals surface area contributed by atoms with Crippen LogP contribution in [0, 0.1) is 5.82 Å². The fraction of sp³-hybridized carbons (Fsp3) is 0.310. The quantitative estimate of drug-likeness (QED) is 0.0991. The number of aromatic nitrogens is 6. The number of fused-ring (bicyclic) bond motifs is 5. The van der Waals surface area contributed by atoms with Gasteiger partial charge in [0.1, 0.15) is 17.5 Å². The summed E-state index contributed by atoms with van der Waals surface area (Å²) in [7, 11) is 3.03. The number of benzene rings is 4. The van der Waals surface area contributed by atoms with Crippen molar-refractivity contribution in [1.82, 2.24) is 54.2 Å². The van der Waals surface area contributed by atoms with E-state index in [4.69, 9.17) is 9.72 Å². The van der Waals surface area contributed by atoms with Gasteiger partial charge in [0.15, 0.2) is 0 Å². The normalized spacial score (nSPS) is 18.7. The highest BCUT2D eigenvalue weighted by Gasteiger charge is 2.46. The second kappa shape index (κ2) is 20.2. The van der Waals surface area contributed by atoms with E-state index in [1.54, 1.807) is 45.5 Å². The van der Waals surface area contributed by atoms with Crippen molar-refractivity contribution in [3.05, 3.63) is 135 Å². The molecule has 1 aliphatic carbocycles. The molecule has 80 heavy (non-hydrogen) atoms. The van der Waals surface area contributed by atoms with Crippen LogP contribution in [0.25, 0.3) is 55.4 Å². The Labute approximate surface area is 455 Å². The monoisotopic (exact) mass is 1080 g/mol. The number of halogens is 1. The number of ether oxygens (including phenoxy) is 1. The van der Waals surface area contributed by atoms with Gasteiger partial charge in [-0.3, -0.25) is 57.7 Å². The van der Waals surface area contributed by atoms with Gasteiger partial charge in [-0.15, -0.1) is 0 Å². The van der Waals surface area contributed by atoms with E-state index >= 15 is 4.39 Å². The second-order valence-corrected chi connectivity index (χ2v) is 21.1. The minimum absolute atomic E-state index is 0.00428. The molecule has 3 fully saturated rings. The highest BCUT2D eigenvalue weighted by atomic mass is 19.1. The summed E-state index contributed by atoms with van der Waals surface area (Å²) in [6.45, 7) is 6.32. The van der Waals surface area contributed by atoms with Crippen LogP contribution in [0.5, 0.6) is 0 Å². The fourth-order valence-electron chi connectivity index (χ4n) is 11.9. The fourth-order valence-corrected chi connectivity index (χ4v) is 11.9. The van der Waals surface area contributed by atoms with Crippen molar-refractivity contribution >= 4 is 80.2 Å². The summed E-state index contributed by atoms with van der Waals surface area (Å²) in [5.74, 6) is -4.29. The molecule has 3 atom stereocenters. The number of alkyl carbamates (subject to hydrolysis) is 1. The molecular formula is C58H55FN12O9. The van der Waals surface area contributed by atoms with Gasteiger partial charge in [-0.05, 0) is 99.2 Å². The summed E-state index contributed by atoms with van der Waals surface area (Å²) in [4.78, 5) is 118. The Morgan fingerprint density at radius 2 is 1.62 bits per heavy atom. The van der Waals surface area contributed by atoms with Crippen LogP contribution < -0.4 is 21.6 Å². The molecule has 408 valence electrons. The lowest BCUT2D eigenvalue weighted by molar-refractivity contribution is -0.136. The minimum atomic E-state index is -1.14. The van der Waals surface area contributed by atoms with Gasteiger partial charge < -0.3 is 25.3 Å². The molecule has 3 aliphatic heterocycles. The number of amides is 7. The van der Waals surface area contributed by atoms with Gasteiger partial charge in [-0.1, -0.05) is 30.3 Å². The highest BCUT2D eigenvalue weighted by Crippen LogP contribution is 2.44. The summed E-state index contributed by atoms with van der Waals surface area (Å²) < 4.78 is 26.8. The molecule has 7 amide bonds. The average molecular weight is 1080 g/mol. The zero-order valence-corrected chi connectivity index (χ0v) is 44.2. The van der Waals surface area contributed by atoms with E-state index in [0.717, 1.165) is 26.9 Å². The average Bonchev–Trinajstić information content (AvgIpc) is 4.48. The van der Waals surface area contributed by atoms with Crippen molar-refractivity contribution in [2.24, 2.45) is 7.05 Å². The van der Waals surface area contributed by atoms with Crippen molar-refractivity contribution in [3.63, 3.8) is 0 Å². The molecular weight excluding hydrogens is 1030 g/mol. The molecule has 0 radical (unpaired) electrons. The molecule has 4 aliphatic rings. The lowest BCUT2D eigenvalue weighted by Gasteiger charge is -2.35. The molecule has 4 N–H and O–H groups in total. The predicted octanol–water partition coefficient (Wildman–Crippen LogP) is 6.68. The SMILES string of the molecule is COC(=O)N[C@@H]1CC[C@@H](n2c(=O)n(C)c3cnc4[nH]c(-c5ccc(C(=O)N6CCN(Cc7ccc(C(=O)Nc8cccc9c8C(=O)N(C8CCC(=O)NC8=O)C9=O)cc7)CC6)c(F)c5)c(-c5ccc6c(cnn6C(C)C)c5)c4c32)C1. The zero-order chi connectivity index (χ0) is 55.8. The summed E-state index contributed by atoms with van der Waals surface area (Å²) >= 11 is 0. The van der Waals surface area contributed by atoms with Gasteiger partial charge in [0.25, 0.3) is 23.6 Å². The number of imide groups is 2. The Morgan fingerprint density at radius 3 is 2.36 bits per heavy atom. The van der Waals surface area contributed by atoms with E-state index < -0.39 is 53.4 Å². The molecule has 0 spiro atoms. The number of carbonyl (C=O) groups is 7. The number of H-pyrrole nitrogens is 1. The first-order valence-electron chi connectivity index (χ1n) is 26.6. The Balaban J connectivity index is 0.756. The smallest absolute Gasteiger partial charge is 0.407 e. The van der Waals surface area contributed by atoms with Crippen LogP contribution in [-0.2, 0) is 27.9 Å². The van der Waals surface area contributed by atoms with Crippen molar-refractivity contribution in [2.45, 2.75) is 76.7 Å². The number of nitrogens with one attached hydrogen (secondary N) is 4. The number of piperidine rings is 1. The standard InChI is InChI=1S/C58H55FN12O9/c1-30(2)71-42-17-13-33(24-35(42)27-61-71)46-48-50-44(66(3)58(79)69(50)37-15-14-36(26-37)62-57(78)80-4)28-60-51(48)65-49(46)34-12-16-38(40(59)25-34)54(75)68-22-20-67(21-23-68)29-31-8-10-32(11-9-31)52(73)63-41-7-5-6-39-47(41)56(77)70(55(39)76)43-18-19-45(72)64-53(43)74/h5-13,16-17,24-25,27-28,30,36-37,43H,14-15,18-23,26,29H2,1-4H3,(H,60,65)(H,62,78)(H,63,73)(H,64,72,74)/t36-,37-,43?/m1/s1. The zero-order valence-electron chi connectivity index (χ0n) is 44.2. The Bertz CT molecular complexity index is 4000. The first-order valence-corrected chi connectivity index (χ1v) is 26.6. The van der Waals surface area contributed by atoms with Crippen molar-refractivity contribution in [3.8, 4) is 22.4 Å². The number of pyridine rings is 1. The Hall–Kier alpha value is -9.31. The van der Waals surface area contributed by atoms with Crippen molar-refractivity contribution in [1.29, 1.82) is 0 Å². The van der Waals surface area contributed by atoms with Crippen LogP contribution in [0.15, 0.2) is 96.1 Å². The first-order chi connectivity index (χ1) is 38.6. The number of hydrogen-bond acceptors (Lipinski definition) is 12. The molecule has 4 aromatic carbocycles. The second-order valence-electron chi connectivity index (χ2n) is 21.1. The maximum absolute atomic E-state index is 16.7. The van der Waals surface area contributed by atoms with Gasteiger partial charge in [-0.2, -0.15) is 5.10 Å². The molecule has 1 unspecified atom stereocenters. The largest absolute Gasteiger partial charge is 0.453 e. The molecule has 22 heteroatoms. The number of rotatable bonds is 11. The van der Waals surface area contributed by atoms with Crippen LogP contribution in [0.4, 0.5) is 14.9 Å². The molecule has 7 heterocycles. The van der Waals surface area contributed by atoms with Crippen LogP contribution in [0.2, 0.25) is 0 Å². The number of piperazine rings is 1. The molecule has 2 saturated heterocycles. The van der Waals surface area contributed by atoms with Crippen molar-refractivity contribution < 1.29 is 42.7 Å². The highest BCUT2D eigenvalue weighted by molar-refractivity contribution is 6.26. The molecule has 0 bridgehead atoms.